The van der Waals surface area contributed by atoms with Crippen LogP contribution in [0.15, 0.2) is 60.7 Å². The zero-order valence-electron chi connectivity index (χ0n) is 45.6. The molecule has 0 saturated heterocycles. The Morgan fingerprint density at radius 3 is 0.920 bits per heavy atom. The minimum absolute atomic E-state index is 0.0416. The van der Waals surface area contributed by atoms with Gasteiger partial charge in [0, 0.05) is 17.5 Å². The van der Waals surface area contributed by atoms with Crippen LogP contribution in [0, 0.1) is 0 Å². The van der Waals surface area contributed by atoms with E-state index in [1.807, 2.05) is 0 Å². The first-order valence-corrected chi connectivity index (χ1v) is 26.6. The second-order valence-electron chi connectivity index (χ2n) is 20.2. The van der Waals surface area contributed by atoms with E-state index in [1.165, 1.54) is 42.5 Å². The highest BCUT2D eigenvalue weighted by Gasteiger charge is 2.99. The molecule has 0 aliphatic carbocycles. The van der Waals surface area contributed by atoms with Crippen LogP contribution in [-0.2, 0) is 0 Å². The number of halogens is 25. The summed E-state index contributed by atoms with van der Waals surface area (Å²) >= 11 is 0. The summed E-state index contributed by atoms with van der Waals surface area (Å²) in [5.41, 5.74) is 1.53. The van der Waals surface area contributed by atoms with Crippen molar-refractivity contribution in [3.63, 3.8) is 0 Å². The van der Waals surface area contributed by atoms with Crippen molar-refractivity contribution < 1.29 is 149 Å². The van der Waals surface area contributed by atoms with Gasteiger partial charge in [-0.1, -0.05) is 102 Å². The largest absolute Gasteiger partial charge is 0.493 e. The van der Waals surface area contributed by atoms with Gasteiger partial charge in [0.15, 0.2) is 0 Å². The lowest BCUT2D eigenvalue weighted by molar-refractivity contribution is -0.482. The van der Waals surface area contributed by atoms with Gasteiger partial charge in [0.25, 0.3) is 0 Å². The maximum atomic E-state index is 14.8. The summed E-state index contributed by atoms with van der Waals surface area (Å²) in [5, 5.41) is 37.8. The molecule has 0 spiro atoms. The van der Waals surface area contributed by atoms with Crippen molar-refractivity contribution in [1.82, 2.24) is 0 Å². The molecule has 8 nitrogen and oxygen atoms in total. The maximum Gasteiger partial charge on any atom is 0.460 e. The molecule has 4 N–H and O–H groups in total. The highest BCUT2D eigenvalue weighted by Crippen LogP contribution is 2.68. The Morgan fingerprint density at radius 2 is 0.621 bits per heavy atom. The van der Waals surface area contributed by atoms with Crippen molar-refractivity contribution in [3.05, 3.63) is 60.7 Å². The van der Waals surface area contributed by atoms with Crippen LogP contribution in [0.25, 0.3) is 22.3 Å². The smallest absolute Gasteiger partial charge is 0.460 e. The van der Waals surface area contributed by atoms with E-state index >= 15 is 0 Å². The fourth-order valence-electron chi connectivity index (χ4n) is 8.10. The molecule has 0 aromatic heterocycles. The lowest BCUT2D eigenvalue weighted by atomic mass is 9.84. The van der Waals surface area contributed by atoms with E-state index in [4.69, 9.17) is 29.2 Å². The van der Waals surface area contributed by atoms with Crippen LogP contribution < -0.4 is 18.9 Å². The Labute approximate surface area is 480 Å². The number of rotatable bonds is 40. The average Bonchev–Trinajstić information content (AvgIpc) is 0.815. The van der Waals surface area contributed by atoms with Gasteiger partial charge in [-0.25, -0.2) is 0 Å². The third kappa shape index (κ3) is 16.3. The van der Waals surface area contributed by atoms with Gasteiger partial charge in [-0.15, -0.1) is 0 Å². The summed E-state index contributed by atoms with van der Waals surface area (Å²) in [6.45, 7) is 0.0378. The molecule has 3 aromatic carbocycles. The molecule has 0 aliphatic rings. The number of benzene rings is 3. The molecule has 0 bridgehead atoms. The third-order valence-electron chi connectivity index (χ3n) is 13.5. The summed E-state index contributed by atoms with van der Waals surface area (Å²) in [4.78, 5) is 0. The van der Waals surface area contributed by atoms with E-state index in [-0.39, 0.29) is 49.2 Å². The second kappa shape index (κ2) is 29.7. The molecular weight excluding hydrogens is 1250 g/mol. The Bertz CT molecular complexity index is 2560. The Hall–Kier alpha value is -5.05. The van der Waals surface area contributed by atoms with Crippen LogP contribution >= 0.6 is 0 Å². The predicted molar refractivity (Wildman–Crippen MR) is 261 cm³/mol. The van der Waals surface area contributed by atoms with Gasteiger partial charge in [-0.05, 0) is 66.8 Å². The number of ether oxygens (including phenoxy) is 4. The highest BCUT2D eigenvalue weighted by atomic mass is 19.4. The first-order chi connectivity index (χ1) is 39.9. The van der Waals surface area contributed by atoms with E-state index in [0.29, 0.717) is 28.7 Å². The van der Waals surface area contributed by atoms with Crippen LogP contribution in [0.1, 0.15) is 103 Å². The number of hydrogen-bond donors (Lipinski definition) is 4. The summed E-state index contributed by atoms with van der Waals surface area (Å²) < 4.78 is 373. The molecule has 0 radical (unpaired) electrons. The van der Waals surface area contributed by atoms with E-state index in [9.17, 15) is 120 Å². The summed E-state index contributed by atoms with van der Waals surface area (Å²) in [6.07, 6.45) is -6.57. The van der Waals surface area contributed by atoms with Gasteiger partial charge in [0.1, 0.15) is 48.4 Å². The average molecular weight is 1310 g/mol. The van der Waals surface area contributed by atoms with E-state index < -0.39 is 129 Å². The molecule has 0 aliphatic heterocycles. The molecule has 3 aromatic rings. The Kier molecular flexibility index (Phi) is 26.0. The van der Waals surface area contributed by atoms with Crippen LogP contribution in [-0.4, -0.2) is 144 Å². The van der Waals surface area contributed by atoms with Crippen molar-refractivity contribution in [3.8, 4) is 45.3 Å². The molecule has 2 atom stereocenters. The molecule has 0 amide bonds. The zero-order valence-corrected chi connectivity index (χ0v) is 45.6. The summed E-state index contributed by atoms with van der Waals surface area (Å²) in [6, 6.07) is 15.2. The SMILES string of the molecule is CCCCCCCCCCCCOc1cc(-c2ccc(OCC(O)CO)cc2)c(OCCCCCCC(F)(F)C(F)(F)C(F)(F)C(F)(F)C(F)(F)C(F)(F)C(F)(F)C(F)(F)C(F)(F)C(F)(F)C(F)(F)C(F)(F)F)cc1-c1ccc(OCC(O)CO)cc1. The van der Waals surface area contributed by atoms with Crippen LogP contribution in [0.4, 0.5) is 110 Å². The number of hydrogen-bond acceptors (Lipinski definition) is 8. The minimum Gasteiger partial charge on any atom is -0.493 e. The number of unbranched alkanes of at least 4 members (excludes halogenated alkanes) is 12. The number of alkyl halides is 25. The molecule has 0 heterocycles. The first-order valence-electron chi connectivity index (χ1n) is 26.6. The van der Waals surface area contributed by atoms with Gasteiger partial charge >= 0.3 is 71.3 Å². The van der Waals surface area contributed by atoms with Crippen molar-refractivity contribution in [2.75, 3.05) is 39.6 Å². The van der Waals surface area contributed by atoms with E-state index in [0.717, 1.165) is 57.8 Å². The minimum atomic E-state index is -9.66. The standard InChI is InChI=1S/C54H61F25O8/c1-2-3-4-5-6-7-8-9-11-14-25-84-41-27-40(34-18-22-38(23-19-34)87-32-36(83)30-81)42(28-39(41)33-16-20-37(21-17-33)86-31-35(82)29-80)85-26-15-12-10-13-24-43(55,56)44(57,58)45(59,60)46(61,62)47(63,64)48(65,66)49(67,68)50(69,70)51(71,72)52(73,74)53(75,76)54(77,78)79/h16-23,27-28,35-36,80-83H,2-15,24-26,29-32H2,1H3. The molecule has 0 fully saturated rings. The Morgan fingerprint density at radius 1 is 0.345 bits per heavy atom. The Balaban J connectivity index is 1.90. The van der Waals surface area contributed by atoms with Crippen molar-refractivity contribution in [2.45, 2.75) is 187 Å². The molecular formula is C54H61F25O8. The molecule has 0 saturated carbocycles. The van der Waals surface area contributed by atoms with Crippen molar-refractivity contribution in [1.29, 1.82) is 0 Å². The van der Waals surface area contributed by atoms with E-state index in [1.54, 1.807) is 18.2 Å². The number of aliphatic hydroxyl groups excluding tert-OH is 4. The lowest BCUT2D eigenvalue weighted by Crippen LogP contribution is -2.78. The predicted octanol–water partition coefficient (Wildman–Crippen LogP) is 16.7. The topological polar surface area (TPSA) is 118 Å². The van der Waals surface area contributed by atoms with Gasteiger partial charge < -0.3 is 39.4 Å². The van der Waals surface area contributed by atoms with Gasteiger partial charge in [-0.2, -0.15) is 110 Å². The quantitative estimate of drug-likeness (QED) is 0.0329. The van der Waals surface area contributed by atoms with Crippen LogP contribution in [0.2, 0.25) is 0 Å². The summed E-state index contributed by atoms with van der Waals surface area (Å²) in [7, 11) is 0. The van der Waals surface area contributed by atoms with Crippen LogP contribution in [0.5, 0.6) is 23.0 Å². The molecule has 2 unspecified atom stereocenters. The molecule has 87 heavy (non-hydrogen) atoms. The van der Waals surface area contributed by atoms with Crippen molar-refractivity contribution in [2.24, 2.45) is 0 Å². The third-order valence-corrected chi connectivity index (χ3v) is 13.5. The summed E-state index contributed by atoms with van der Waals surface area (Å²) in [5.74, 6) is -98.0. The number of aliphatic hydroxyl groups is 4. The van der Waals surface area contributed by atoms with Crippen molar-refractivity contribution >= 4 is 0 Å². The first kappa shape index (κ1) is 76.2. The van der Waals surface area contributed by atoms with Gasteiger partial charge in [0.05, 0.1) is 26.4 Å². The maximum absolute atomic E-state index is 14.8. The highest BCUT2D eigenvalue weighted by molar-refractivity contribution is 5.81. The van der Waals surface area contributed by atoms with Crippen LogP contribution in [0.3, 0.4) is 0 Å². The van der Waals surface area contributed by atoms with Gasteiger partial charge in [-0.3, -0.25) is 0 Å². The normalized spacial score (nSPS) is 14.7. The second-order valence-corrected chi connectivity index (χ2v) is 20.2. The molecule has 3 rings (SSSR count). The lowest BCUT2D eigenvalue weighted by Gasteiger charge is -2.45. The van der Waals surface area contributed by atoms with Gasteiger partial charge in [0.2, 0.25) is 0 Å². The monoisotopic (exact) mass is 1310 g/mol. The fourth-order valence-corrected chi connectivity index (χ4v) is 8.10. The fraction of sp³-hybridized carbons (Fsp3) is 0.667. The zero-order chi connectivity index (χ0) is 66.5. The van der Waals surface area contributed by atoms with E-state index in [2.05, 4.69) is 6.92 Å². The molecule has 500 valence electrons. The molecule has 33 heteroatoms.